The van der Waals surface area contributed by atoms with Gasteiger partial charge in [-0.05, 0) is 43.0 Å². The molecule has 0 radical (unpaired) electrons. The Labute approximate surface area is 123 Å². The molecule has 0 saturated carbocycles. The van der Waals surface area contributed by atoms with Crippen LogP contribution in [-0.4, -0.2) is 29.4 Å². The van der Waals surface area contributed by atoms with Gasteiger partial charge in [0.1, 0.15) is 0 Å². The number of benzene rings is 1. The van der Waals surface area contributed by atoms with Gasteiger partial charge in [-0.2, -0.15) is 4.98 Å². The third-order valence-electron chi connectivity index (χ3n) is 4.27. The van der Waals surface area contributed by atoms with E-state index in [2.05, 4.69) is 33.7 Å². The van der Waals surface area contributed by atoms with Crippen molar-refractivity contribution in [1.29, 1.82) is 0 Å². The summed E-state index contributed by atoms with van der Waals surface area (Å²) < 4.78 is 11.1. The van der Waals surface area contributed by atoms with Gasteiger partial charge in [0, 0.05) is 25.1 Å². The Balaban J connectivity index is 1.60. The molecule has 2 aliphatic heterocycles. The molecule has 0 spiro atoms. The van der Waals surface area contributed by atoms with E-state index >= 15 is 0 Å². The van der Waals surface area contributed by atoms with E-state index in [1.54, 1.807) is 0 Å². The third kappa shape index (κ3) is 2.59. The average Bonchev–Trinajstić information content (AvgIpc) is 3.19. The van der Waals surface area contributed by atoms with Gasteiger partial charge in [0.15, 0.2) is 5.82 Å². The standard InChI is InChI=1S/C16H19N3O2/c1-3-11-10-17-7-6-13(11)14(5-1)16-18-15(19-21-16)9-12-4-2-8-20-12/h1,3,5,12,17H,2,4,6-10H2. The second-order valence-corrected chi connectivity index (χ2v) is 5.72. The Kier molecular flexibility index (Phi) is 3.45. The highest BCUT2D eigenvalue weighted by molar-refractivity contribution is 5.61. The number of hydrogen-bond acceptors (Lipinski definition) is 5. The van der Waals surface area contributed by atoms with Crippen molar-refractivity contribution >= 4 is 0 Å². The van der Waals surface area contributed by atoms with Gasteiger partial charge in [-0.15, -0.1) is 0 Å². The SMILES string of the molecule is c1cc2c(c(-c3nc(CC4CCCO4)no3)c1)CCNC2. The first-order valence-corrected chi connectivity index (χ1v) is 7.66. The smallest absolute Gasteiger partial charge is 0.258 e. The molecule has 1 N–H and O–H groups in total. The molecule has 1 saturated heterocycles. The summed E-state index contributed by atoms with van der Waals surface area (Å²) in [5.74, 6) is 1.39. The minimum Gasteiger partial charge on any atom is -0.378 e. The molecule has 1 aromatic carbocycles. The van der Waals surface area contributed by atoms with Gasteiger partial charge in [0.25, 0.3) is 5.89 Å². The van der Waals surface area contributed by atoms with E-state index in [-0.39, 0.29) is 6.10 Å². The highest BCUT2D eigenvalue weighted by Gasteiger charge is 2.21. The molecule has 5 heteroatoms. The molecule has 110 valence electrons. The fraction of sp³-hybridized carbons (Fsp3) is 0.500. The number of hydrogen-bond donors (Lipinski definition) is 1. The van der Waals surface area contributed by atoms with E-state index in [1.165, 1.54) is 11.1 Å². The number of aromatic nitrogens is 2. The highest BCUT2D eigenvalue weighted by Crippen LogP contribution is 2.27. The summed E-state index contributed by atoms with van der Waals surface area (Å²) in [6, 6.07) is 6.30. The highest BCUT2D eigenvalue weighted by atomic mass is 16.5. The van der Waals surface area contributed by atoms with Crippen LogP contribution in [0.2, 0.25) is 0 Å². The fourth-order valence-electron chi connectivity index (χ4n) is 3.19. The van der Waals surface area contributed by atoms with E-state index < -0.39 is 0 Å². The van der Waals surface area contributed by atoms with Crippen LogP contribution in [0.4, 0.5) is 0 Å². The zero-order valence-corrected chi connectivity index (χ0v) is 12.0. The molecule has 3 heterocycles. The van der Waals surface area contributed by atoms with Crippen molar-refractivity contribution in [2.24, 2.45) is 0 Å². The van der Waals surface area contributed by atoms with Crippen LogP contribution in [-0.2, 0) is 24.1 Å². The van der Waals surface area contributed by atoms with Crippen LogP contribution >= 0.6 is 0 Å². The summed E-state index contributed by atoms with van der Waals surface area (Å²) in [6.45, 7) is 2.77. The maximum Gasteiger partial charge on any atom is 0.258 e. The quantitative estimate of drug-likeness (QED) is 0.936. The van der Waals surface area contributed by atoms with Gasteiger partial charge in [0.05, 0.1) is 6.10 Å². The van der Waals surface area contributed by atoms with Crippen molar-refractivity contribution in [3.05, 3.63) is 35.2 Å². The van der Waals surface area contributed by atoms with E-state index in [9.17, 15) is 0 Å². The normalized spacial score (nSPS) is 21.4. The fourth-order valence-corrected chi connectivity index (χ4v) is 3.19. The summed E-state index contributed by atoms with van der Waals surface area (Å²) >= 11 is 0. The Hall–Kier alpha value is -1.72. The number of ether oxygens (including phenoxy) is 1. The molecule has 4 rings (SSSR count). The summed E-state index contributed by atoms with van der Waals surface area (Å²) in [5, 5.41) is 7.51. The zero-order valence-electron chi connectivity index (χ0n) is 12.0. The maximum absolute atomic E-state index is 5.63. The van der Waals surface area contributed by atoms with Crippen molar-refractivity contribution < 1.29 is 9.26 Å². The predicted molar refractivity (Wildman–Crippen MR) is 77.8 cm³/mol. The van der Waals surface area contributed by atoms with E-state index in [0.717, 1.165) is 56.8 Å². The molecule has 0 bridgehead atoms. The van der Waals surface area contributed by atoms with Gasteiger partial charge >= 0.3 is 0 Å². The molecule has 5 nitrogen and oxygen atoms in total. The first-order valence-electron chi connectivity index (χ1n) is 7.66. The van der Waals surface area contributed by atoms with Crippen molar-refractivity contribution in [2.75, 3.05) is 13.2 Å². The van der Waals surface area contributed by atoms with Crippen molar-refractivity contribution in [3.8, 4) is 11.5 Å². The molecule has 21 heavy (non-hydrogen) atoms. The summed E-state index contributed by atoms with van der Waals surface area (Å²) in [6.07, 6.45) is 4.24. The minimum atomic E-state index is 0.254. The van der Waals surface area contributed by atoms with E-state index in [0.29, 0.717) is 5.89 Å². The molecule has 2 aromatic rings. The largest absolute Gasteiger partial charge is 0.378 e. The lowest BCUT2D eigenvalue weighted by atomic mass is 9.95. The van der Waals surface area contributed by atoms with Gasteiger partial charge < -0.3 is 14.6 Å². The molecular formula is C16H19N3O2. The van der Waals surface area contributed by atoms with Gasteiger partial charge in [-0.25, -0.2) is 0 Å². The average molecular weight is 285 g/mol. The van der Waals surface area contributed by atoms with Crippen molar-refractivity contribution in [1.82, 2.24) is 15.5 Å². The number of fused-ring (bicyclic) bond motifs is 1. The monoisotopic (exact) mass is 285 g/mol. The molecule has 0 aliphatic carbocycles. The van der Waals surface area contributed by atoms with E-state index in [1.807, 2.05) is 0 Å². The lowest BCUT2D eigenvalue weighted by molar-refractivity contribution is 0.109. The lowest BCUT2D eigenvalue weighted by Gasteiger charge is -2.18. The van der Waals surface area contributed by atoms with Crippen LogP contribution < -0.4 is 5.32 Å². The second kappa shape index (κ2) is 5.58. The predicted octanol–water partition coefficient (Wildman–Crippen LogP) is 2.10. The Morgan fingerprint density at radius 2 is 2.33 bits per heavy atom. The number of nitrogens with one attached hydrogen (secondary N) is 1. The van der Waals surface area contributed by atoms with E-state index in [4.69, 9.17) is 9.26 Å². The van der Waals surface area contributed by atoms with Crippen LogP contribution in [0, 0.1) is 0 Å². The van der Waals surface area contributed by atoms with Crippen LogP contribution in [0.5, 0.6) is 0 Å². The summed E-state index contributed by atoms with van der Waals surface area (Å²) in [7, 11) is 0. The Morgan fingerprint density at radius 1 is 1.33 bits per heavy atom. The van der Waals surface area contributed by atoms with Crippen LogP contribution in [0.3, 0.4) is 0 Å². The molecule has 1 unspecified atom stereocenters. The Morgan fingerprint density at radius 3 is 3.24 bits per heavy atom. The molecular weight excluding hydrogens is 266 g/mol. The summed E-state index contributed by atoms with van der Waals surface area (Å²) in [4.78, 5) is 4.57. The third-order valence-corrected chi connectivity index (χ3v) is 4.27. The first-order chi connectivity index (χ1) is 10.4. The maximum atomic E-state index is 5.63. The van der Waals surface area contributed by atoms with Crippen molar-refractivity contribution in [3.63, 3.8) is 0 Å². The molecule has 1 aromatic heterocycles. The zero-order chi connectivity index (χ0) is 14.1. The molecule has 1 fully saturated rings. The molecule has 0 amide bonds. The van der Waals surface area contributed by atoms with Crippen LogP contribution in [0.1, 0.15) is 29.8 Å². The first kappa shape index (κ1) is 13.0. The van der Waals surface area contributed by atoms with Gasteiger partial charge in [-0.1, -0.05) is 17.3 Å². The van der Waals surface area contributed by atoms with Gasteiger partial charge in [-0.3, -0.25) is 0 Å². The molecule has 2 aliphatic rings. The van der Waals surface area contributed by atoms with Crippen LogP contribution in [0.25, 0.3) is 11.5 Å². The Bertz CT molecular complexity index is 632. The lowest BCUT2D eigenvalue weighted by Crippen LogP contribution is -2.24. The number of rotatable bonds is 3. The molecule has 1 atom stereocenters. The number of nitrogens with zero attached hydrogens (tertiary/aromatic N) is 2. The minimum absolute atomic E-state index is 0.254. The van der Waals surface area contributed by atoms with Crippen LogP contribution in [0.15, 0.2) is 22.7 Å². The second-order valence-electron chi connectivity index (χ2n) is 5.72. The summed E-state index contributed by atoms with van der Waals surface area (Å²) in [5.41, 5.74) is 3.75. The van der Waals surface area contributed by atoms with Gasteiger partial charge in [0.2, 0.25) is 0 Å². The van der Waals surface area contributed by atoms with Crippen molar-refractivity contribution in [2.45, 2.75) is 38.3 Å². The topological polar surface area (TPSA) is 60.2 Å².